The average Bonchev–Trinajstić information content (AvgIpc) is 2.27. The molecule has 84 valence electrons. The molecule has 1 aromatic heterocycles. The summed E-state index contributed by atoms with van der Waals surface area (Å²) in [7, 11) is 0. The smallest absolute Gasteiger partial charge is 0.220 e. The molecular weight excluding hydrogens is 190 g/mol. The predicted molar refractivity (Wildman–Crippen MR) is 60.1 cm³/mol. The van der Waals surface area contributed by atoms with Crippen LogP contribution in [-0.4, -0.2) is 16.1 Å². The molecule has 0 fully saturated rings. The standard InChI is InChI=1S/C11H17N3O.H2/c1-3-9(2)7-11(15)12-8-10-5-4-6-13-14-10;/h4-6,9H,3,7-8H2,1-2H3,(H,12,15);1H. The maximum atomic E-state index is 11.4. The molecule has 0 aliphatic heterocycles. The lowest BCUT2D eigenvalue weighted by molar-refractivity contribution is -0.122. The number of nitrogens with zero attached hydrogens (tertiary/aromatic N) is 2. The van der Waals surface area contributed by atoms with Gasteiger partial charge in [-0.15, -0.1) is 0 Å². The Balaban J connectivity index is 0.00000225. The number of rotatable bonds is 5. The number of amides is 1. The van der Waals surface area contributed by atoms with Crippen molar-refractivity contribution in [1.82, 2.24) is 15.5 Å². The van der Waals surface area contributed by atoms with Crippen LogP contribution in [0, 0.1) is 5.92 Å². The molecule has 1 amide bonds. The molecule has 1 atom stereocenters. The van der Waals surface area contributed by atoms with Crippen LogP contribution in [0.3, 0.4) is 0 Å². The van der Waals surface area contributed by atoms with Crippen molar-refractivity contribution in [2.45, 2.75) is 33.2 Å². The number of carbonyl (C=O) groups is 1. The Kier molecular flexibility index (Phi) is 4.74. The molecule has 1 unspecified atom stereocenters. The van der Waals surface area contributed by atoms with Gasteiger partial charge in [-0.05, 0) is 18.1 Å². The van der Waals surface area contributed by atoms with Crippen molar-refractivity contribution in [1.29, 1.82) is 0 Å². The van der Waals surface area contributed by atoms with Gasteiger partial charge in [0, 0.05) is 14.0 Å². The molecule has 0 aliphatic rings. The van der Waals surface area contributed by atoms with E-state index in [2.05, 4.69) is 29.4 Å². The van der Waals surface area contributed by atoms with Gasteiger partial charge in [-0.25, -0.2) is 0 Å². The molecule has 1 aromatic rings. The Bertz CT molecular complexity index is 305. The van der Waals surface area contributed by atoms with Crippen molar-refractivity contribution in [2.24, 2.45) is 5.92 Å². The first-order chi connectivity index (χ1) is 7.22. The molecule has 4 nitrogen and oxygen atoms in total. The number of hydrogen-bond donors (Lipinski definition) is 1. The molecule has 1 N–H and O–H groups in total. The lowest BCUT2D eigenvalue weighted by Crippen LogP contribution is -2.24. The summed E-state index contributed by atoms with van der Waals surface area (Å²) in [6.45, 7) is 4.62. The Labute approximate surface area is 91.6 Å². The van der Waals surface area contributed by atoms with E-state index in [9.17, 15) is 4.79 Å². The van der Waals surface area contributed by atoms with E-state index < -0.39 is 0 Å². The van der Waals surface area contributed by atoms with Crippen LogP contribution in [0.5, 0.6) is 0 Å². The van der Waals surface area contributed by atoms with Crippen molar-refractivity contribution < 1.29 is 6.22 Å². The van der Waals surface area contributed by atoms with Gasteiger partial charge in [0.15, 0.2) is 0 Å². The van der Waals surface area contributed by atoms with Gasteiger partial charge >= 0.3 is 0 Å². The highest BCUT2D eigenvalue weighted by atomic mass is 16.1. The highest BCUT2D eigenvalue weighted by molar-refractivity contribution is 5.75. The Hall–Kier alpha value is -1.45. The van der Waals surface area contributed by atoms with Crippen molar-refractivity contribution >= 4 is 5.91 Å². The maximum Gasteiger partial charge on any atom is 0.220 e. The number of carbonyl (C=O) groups excluding carboxylic acids is 1. The van der Waals surface area contributed by atoms with E-state index in [1.54, 1.807) is 6.20 Å². The third kappa shape index (κ3) is 4.54. The number of aromatic nitrogens is 2. The second kappa shape index (κ2) is 6.11. The van der Waals surface area contributed by atoms with Gasteiger partial charge in [0.1, 0.15) is 0 Å². The predicted octanol–water partition coefficient (Wildman–Crippen LogP) is 1.77. The summed E-state index contributed by atoms with van der Waals surface area (Å²) in [5.74, 6) is 0.516. The van der Waals surface area contributed by atoms with Crippen LogP contribution in [0.25, 0.3) is 0 Å². The van der Waals surface area contributed by atoms with Crippen molar-refractivity contribution in [3.63, 3.8) is 0 Å². The summed E-state index contributed by atoms with van der Waals surface area (Å²) in [4.78, 5) is 11.4. The molecular formula is C11H19N3O. The fraction of sp³-hybridized carbons (Fsp3) is 0.545. The molecule has 0 aliphatic carbocycles. The van der Waals surface area contributed by atoms with E-state index in [1.807, 2.05) is 12.1 Å². The molecule has 0 aromatic carbocycles. The quantitative estimate of drug-likeness (QED) is 0.804. The summed E-state index contributed by atoms with van der Waals surface area (Å²) >= 11 is 0. The van der Waals surface area contributed by atoms with Crippen LogP contribution in [0.4, 0.5) is 0 Å². The number of hydrogen-bond acceptors (Lipinski definition) is 3. The van der Waals surface area contributed by atoms with Crippen LogP contribution in [0.15, 0.2) is 18.3 Å². The zero-order valence-electron chi connectivity index (χ0n) is 9.23. The Morgan fingerprint density at radius 2 is 2.47 bits per heavy atom. The molecule has 15 heavy (non-hydrogen) atoms. The van der Waals surface area contributed by atoms with Gasteiger partial charge in [0.05, 0.1) is 12.2 Å². The normalized spacial score (nSPS) is 12.1. The van der Waals surface area contributed by atoms with Crippen molar-refractivity contribution in [3.8, 4) is 0 Å². The van der Waals surface area contributed by atoms with E-state index in [0.717, 1.165) is 12.1 Å². The molecule has 0 bridgehead atoms. The van der Waals surface area contributed by atoms with Crippen LogP contribution in [0.1, 0.15) is 33.8 Å². The summed E-state index contributed by atoms with van der Waals surface area (Å²) in [6.07, 6.45) is 3.22. The van der Waals surface area contributed by atoms with Gasteiger partial charge in [-0.3, -0.25) is 4.79 Å². The van der Waals surface area contributed by atoms with Gasteiger partial charge in [-0.2, -0.15) is 10.2 Å². The minimum absolute atomic E-state index is 0. The first-order valence-electron chi connectivity index (χ1n) is 5.25. The maximum absolute atomic E-state index is 11.4. The highest BCUT2D eigenvalue weighted by Gasteiger charge is 2.06. The van der Waals surface area contributed by atoms with Gasteiger partial charge in [-0.1, -0.05) is 20.3 Å². The van der Waals surface area contributed by atoms with Crippen LogP contribution in [-0.2, 0) is 11.3 Å². The van der Waals surface area contributed by atoms with E-state index in [1.165, 1.54) is 0 Å². The Morgan fingerprint density at radius 1 is 1.67 bits per heavy atom. The second-order valence-corrected chi connectivity index (χ2v) is 3.71. The molecule has 0 saturated carbocycles. The Morgan fingerprint density at radius 3 is 3.07 bits per heavy atom. The SMILES string of the molecule is CCC(C)CC(=O)NCc1cccnn1.[HH]. The molecule has 4 heteroatoms. The minimum atomic E-state index is 0. The van der Waals surface area contributed by atoms with E-state index in [4.69, 9.17) is 0 Å². The summed E-state index contributed by atoms with van der Waals surface area (Å²) in [5.41, 5.74) is 0.787. The topological polar surface area (TPSA) is 54.9 Å². The minimum Gasteiger partial charge on any atom is -0.350 e. The fourth-order valence-electron chi connectivity index (χ4n) is 1.15. The van der Waals surface area contributed by atoms with Gasteiger partial charge in [0.2, 0.25) is 5.91 Å². The summed E-state index contributed by atoms with van der Waals surface area (Å²) < 4.78 is 0. The summed E-state index contributed by atoms with van der Waals surface area (Å²) in [6, 6.07) is 3.65. The lowest BCUT2D eigenvalue weighted by atomic mass is 10.1. The highest BCUT2D eigenvalue weighted by Crippen LogP contribution is 2.05. The number of nitrogens with one attached hydrogen (secondary N) is 1. The van der Waals surface area contributed by atoms with E-state index >= 15 is 0 Å². The summed E-state index contributed by atoms with van der Waals surface area (Å²) in [5, 5.41) is 10.4. The molecule has 1 rings (SSSR count). The zero-order chi connectivity index (χ0) is 11.1. The van der Waals surface area contributed by atoms with Crippen LogP contribution >= 0.6 is 0 Å². The lowest BCUT2D eigenvalue weighted by Gasteiger charge is -2.08. The van der Waals surface area contributed by atoms with Crippen LogP contribution in [0.2, 0.25) is 0 Å². The van der Waals surface area contributed by atoms with Gasteiger partial charge in [0.25, 0.3) is 0 Å². The van der Waals surface area contributed by atoms with Crippen molar-refractivity contribution in [2.75, 3.05) is 0 Å². The largest absolute Gasteiger partial charge is 0.350 e. The first kappa shape index (κ1) is 11.6. The fourth-order valence-corrected chi connectivity index (χ4v) is 1.15. The third-order valence-electron chi connectivity index (χ3n) is 2.32. The molecule has 0 saturated heterocycles. The third-order valence-corrected chi connectivity index (χ3v) is 2.32. The average molecular weight is 209 g/mol. The molecule has 1 heterocycles. The molecule has 0 spiro atoms. The second-order valence-electron chi connectivity index (χ2n) is 3.71. The first-order valence-corrected chi connectivity index (χ1v) is 5.25. The monoisotopic (exact) mass is 209 g/mol. The zero-order valence-corrected chi connectivity index (χ0v) is 9.23. The molecule has 0 radical (unpaired) electrons. The van der Waals surface area contributed by atoms with Crippen molar-refractivity contribution in [3.05, 3.63) is 24.0 Å². The van der Waals surface area contributed by atoms with E-state index in [0.29, 0.717) is 18.9 Å². The van der Waals surface area contributed by atoms with Crippen LogP contribution < -0.4 is 5.32 Å². The van der Waals surface area contributed by atoms with Gasteiger partial charge < -0.3 is 5.32 Å². The van der Waals surface area contributed by atoms with E-state index in [-0.39, 0.29) is 7.33 Å².